The number of primary amides is 1. The summed E-state index contributed by atoms with van der Waals surface area (Å²) in [5.41, 5.74) is 5.42. The van der Waals surface area contributed by atoms with Crippen LogP contribution in [-0.4, -0.2) is 23.6 Å². The SMILES string of the molecule is N#C/C(=C\c1ccc(OCC(=O)O)cc1)C(N)=O. The van der Waals surface area contributed by atoms with Gasteiger partial charge in [-0.05, 0) is 23.8 Å². The van der Waals surface area contributed by atoms with Gasteiger partial charge in [-0.25, -0.2) is 4.79 Å². The Hall–Kier alpha value is -2.81. The van der Waals surface area contributed by atoms with Crippen molar-refractivity contribution in [2.45, 2.75) is 0 Å². The van der Waals surface area contributed by atoms with E-state index in [1.165, 1.54) is 18.2 Å². The molecule has 0 heterocycles. The third-order valence-electron chi connectivity index (χ3n) is 1.94. The normalized spacial score (nSPS) is 10.5. The summed E-state index contributed by atoms with van der Waals surface area (Å²) in [4.78, 5) is 21.1. The van der Waals surface area contributed by atoms with Crippen molar-refractivity contribution >= 4 is 18.0 Å². The number of hydrogen-bond acceptors (Lipinski definition) is 4. The molecule has 6 nitrogen and oxygen atoms in total. The Balaban J connectivity index is 2.80. The highest BCUT2D eigenvalue weighted by Crippen LogP contribution is 2.14. The number of rotatable bonds is 5. The molecule has 0 aliphatic carbocycles. The topological polar surface area (TPSA) is 113 Å². The molecule has 6 heteroatoms. The summed E-state index contributed by atoms with van der Waals surface area (Å²) in [5.74, 6) is -1.49. The quantitative estimate of drug-likeness (QED) is 0.581. The van der Waals surface area contributed by atoms with Gasteiger partial charge in [-0.2, -0.15) is 5.26 Å². The van der Waals surface area contributed by atoms with Gasteiger partial charge in [0.15, 0.2) is 6.61 Å². The molecule has 1 amide bonds. The predicted molar refractivity (Wildman–Crippen MR) is 62.4 cm³/mol. The van der Waals surface area contributed by atoms with E-state index in [0.717, 1.165) is 0 Å². The molecular formula is C12H10N2O4. The number of aliphatic carboxylic acids is 1. The Morgan fingerprint density at radius 1 is 1.39 bits per heavy atom. The van der Waals surface area contributed by atoms with Crippen LogP contribution in [-0.2, 0) is 9.59 Å². The average molecular weight is 246 g/mol. The van der Waals surface area contributed by atoms with E-state index in [0.29, 0.717) is 11.3 Å². The standard InChI is InChI=1S/C12H10N2O4/c13-6-9(12(14)17)5-8-1-3-10(4-2-8)18-7-11(15)16/h1-5H,7H2,(H2,14,17)(H,15,16)/b9-5+. The molecule has 1 aromatic carbocycles. The molecule has 0 unspecified atom stereocenters. The minimum atomic E-state index is -1.07. The fraction of sp³-hybridized carbons (Fsp3) is 0.0833. The highest BCUT2D eigenvalue weighted by Gasteiger charge is 2.03. The highest BCUT2D eigenvalue weighted by molar-refractivity contribution is 6.00. The maximum atomic E-state index is 10.8. The molecule has 92 valence electrons. The molecule has 3 N–H and O–H groups in total. The van der Waals surface area contributed by atoms with E-state index in [9.17, 15) is 9.59 Å². The fourth-order valence-electron chi connectivity index (χ4n) is 1.13. The molecule has 0 saturated heterocycles. The molecule has 1 rings (SSSR count). The van der Waals surface area contributed by atoms with Gasteiger partial charge in [0.1, 0.15) is 17.4 Å². The molecule has 0 aliphatic heterocycles. The molecule has 18 heavy (non-hydrogen) atoms. The minimum absolute atomic E-state index is 0.158. The van der Waals surface area contributed by atoms with Crippen LogP contribution in [0.25, 0.3) is 6.08 Å². The summed E-state index contributed by atoms with van der Waals surface area (Å²) in [6, 6.07) is 7.91. The Morgan fingerprint density at radius 3 is 2.44 bits per heavy atom. The number of carboxylic acid groups (broad SMARTS) is 1. The molecule has 0 fully saturated rings. The number of amides is 1. The smallest absolute Gasteiger partial charge is 0.341 e. The first-order valence-electron chi connectivity index (χ1n) is 4.89. The zero-order valence-corrected chi connectivity index (χ0v) is 9.29. The van der Waals surface area contributed by atoms with E-state index in [-0.39, 0.29) is 5.57 Å². The average Bonchev–Trinajstić information content (AvgIpc) is 2.34. The molecule has 0 aliphatic rings. The summed E-state index contributed by atoms with van der Waals surface area (Å²) in [6.07, 6.45) is 1.34. The second-order valence-electron chi connectivity index (χ2n) is 3.29. The monoisotopic (exact) mass is 246 g/mol. The molecule has 0 bridgehead atoms. The van der Waals surface area contributed by atoms with Crippen LogP contribution in [0.5, 0.6) is 5.75 Å². The number of nitrogens with zero attached hydrogens (tertiary/aromatic N) is 1. The van der Waals surface area contributed by atoms with Gasteiger partial charge < -0.3 is 15.6 Å². The first-order valence-corrected chi connectivity index (χ1v) is 4.89. The highest BCUT2D eigenvalue weighted by atomic mass is 16.5. The lowest BCUT2D eigenvalue weighted by atomic mass is 10.1. The molecule has 0 spiro atoms. The van der Waals surface area contributed by atoms with Gasteiger partial charge in [-0.3, -0.25) is 4.79 Å². The summed E-state index contributed by atoms with van der Waals surface area (Å²) in [6.45, 7) is -0.431. The maximum Gasteiger partial charge on any atom is 0.341 e. The molecule has 0 atom stereocenters. The van der Waals surface area contributed by atoms with E-state index >= 15 is 0 Å². The van der Waals surface area contributed by atoms with Crippen molar-refractivity contribution in [3.63, 3.8) is 0 Å². The van der Waals surface area contributed by atoms with Crippen LogP contribution in [0.15, 0.2) is 29.8 Å². The zero-order valence-electron chi connectivity index (χ0n) is 9.29. The maximum absolute atomic E-state index is 10.8. The van der Waals surface area contributed by atoms with Crippen molar-refractivity contribution in [2.24, 2.45) is 5.73 Å². The Morgan fingerprint density at radius 2 is 2.00 bits per heavy atom. The van der Waals surface area contributed by atoms with Crippen LogP contribution >= 0.6 is 0 Å². The van der Waals surface area contributed by atoms with Crippen LogP contribution in [0.1, 0.15) is 5.56 Å². The van der Waals surface area contributed by atoms with Crippen molar-refractivity contribution in [2.75, 3.05) is 6.61 Å². The van der Waals surface area contributed by atoms with E-state index in [1.54, 1.807) is 18.2 Å². The number of carbonyl (C=O) groups excluding carboxylic acids is 1. The molecular weight excluding hydrogens is 236 g/mol. The number of benzene rings is 1. The van der Waals surface area contributed by atoms with E-state index in [1.807, 2.05) is 0 Å². The Labute approximate surface area is 103 Å². The van der Waals surface area contributed by atoms with Crippen molar-refractivity contribution in [1.29, 1.82) is 5.26 Å². The van der Waals surface area contributed by atoms with Gasteiger partial charge >= 0.3 is 5.97 Å². The molecule has 0 saturated carbocycles. The Bertz CT molecular complexity index is 526. The summed E-state index contributed by atoms with van der Waals surface area (Å²) >= 11 is 0. The molecule has 1 aromatic rings. The number of ether oxygens (including phenoxy) is 1. The third-order valence-corrected chi connectivity index (χ3v) is 1.94. The number of nitrogens with two attached hydrogens (primary N) is 1. The molecule has 0 aromatic heterocycles. The van der Waals surface area contributed by atoms with E-state index < -0.39 is 18.5 Å². The predicted octanol–water partition coefficient (Wildman–Crippen LogP) is 0.542. The van der Waals surface area contributed by atoms with Crippen LogP contribution < -0.4 is 10.5 Å². The number of carbonyl (C=O) groups is 2. The second kappa shape index (κ2) is 6.06. The molecule has 0 radical (unpaired) electrons. The summed E-state index contributed by atoms with van der Waals surface area (Å²) in [5, 5.41) is 17.1. The van der Waals surface area contributed by atoms with Crippen molar-refractivity contribution in [1.82, 2.24) is 0 Å². The van der Waals surface area contributed by atoms with Crippen LogP contribution in [0, 0.1) is 11.3 Å². The van der Waals surface area contributed by atoms with Gasteiger partial charge in [0, 0.05) is 0 Å². The first-order chi connectivity index (χ1) is 8.52. The summed E-state index contributed by atoms with van der Waals surface area (Å²) in [7, 11) is 0. The lowest BCUT2D eigenvalue weighted by Gasteiger charge is -2.03. The minimum Gasteiger partial charge on any atom is -0.482 e. The lowest BCUT2D eigenvalue weighted by Crippen LogP contribution is -2.12. The van der Waals surface area contributed by atoms with Crippen molar-refractivity contribution in [3.8, 4) is 11.8 Å². The van der Waals surface area contributed by atoms with Gasteiger partial charge in [0.2, 0.25) is 0 Å². The van der Waals surface area contributed by atoms with E-state index in [4.69, 9.17) is 20.8 Å². The zero-order chi connectivity index (χ0) is 13.5. The van der Waals surface area contributed by atoms with Crippen LogP contribution in [0.2, 0.25) is 0 Å². The van der Waals surface area contributed by atoms with Crippen LogP contribution in [0.4, 0.5) is 0 Å². The summed E-state index contributed by atoms with van der Waals surface area (Å²) < 4.78 is 4.92. The van der Waals surface area contributed by atoms with Crippen molar-refractivity contribution in [3.05, 3.63) is 35.4 Å². The van der Waals surface area contributed by atoms with Gasteiger partial charge in [0.25, 0.3) is 5.91 Å². The second-order valence-corrected chi connectivity index (χ2v) is 3.29. The van der Waals surface area contributed by atoms with Crippen molar-refractivity contribution < 1.29 is 19.4 Å². The van der Waals surface area contributed by atoms with Gasteiger partial charge in [-0.1, -0.05) is 12.1 Å². The third kappa shape index (κ3) is 3.98. The number of hydrogen-bond donors (Lipinski definition) is 2. The lowest BCUT2D eigenvalue weighted by molar-refractivity contribution is -0.139. The largest absolute Gasteiger partial charge is 0.482 e. The van der Waals surface area contributed by atoms with Gasteiger partial charge in [0.05, 0.1) is 0 Å². The van der Waals surface area contributed by atoms with E-state index in [2.05, 4.69) is 0 Å². The number of nitriles is 1. The van der Waals surface area contributed by atoms with Crippen LogP contribution in [0.3, 0.4) is 0 Å². The fourth-order valence-corrected chi connectivity index (χ4v) is 1.13. The number of carboxylic acids is 1. The first kappa shape index (κ1) is 13.3. The van der Waals surface area contributed by atoms with Gasteiger partial charge in [-0.15, -0.1) is 0 Å². The Kier molecular flexibility index (Phi) is 4.46.